The summed E-state index contributed by atoms with van der Waals surface area (Å²) in [6.45, 7) is 3.94. The maximum absolute atomic E-state index is 9.47. The molecule has 0 unspecified atom stereocenters. The van der Waals surface area contributed by atoms with Gasteiger partial charge in [-0.05, 0) is 6.08 Å². The maximum atomic E-state index is 9.47. The molecule has 0 aromatic carbocycles. The largest absolute Gasteiger partial charge is 0.366 e. The summed E-state index contributed by atoms with van der Waals surface area (Å²) in [5.41, 5.74) is 4.53. The standard InChI is InChI=1S/C3H5NO.CH5O3P/c1-2-3(4)5;1-5(2,3)4/h2H,1H2,(H2,4,5);1H3,(H2,2,3,4). The number of hydrogen-bond donors (Lipinski definition) is 3. The molecule has 0 saturated heterocycles. The molecule has 0 spiro atoms. The molecule has 6 heteroatoms. The Morgan fingerprint density at radius 1 is 1.70 bits per heavy atom. The molecule has 0 aliphatic heterocycles. The normalized spacial score (nSPS) is 9.10. The fourth-order valence-electron chi connectivity index (χ4n) is 0. The van der Waals surface area contributed by atoms with Gasteiger partial charge in [0.05, 0.1) is 0 Å². The molecule has 1 amide bonds. The molecule has 4 N–H and O–H groups in total. The lowest BCUT2D eigenvalue weighted by molar-refractivity contribution is -0.113. The number of hydrogen-bond acceptors (Lipinski definition) is 2. The van der Waals surface area contributed by atoms with Gasteiger partial charge in [0.2, 0.25) is 5.91 Å². The molecule has 0 rings (SSSR count). The fraction of sp³-hybridized carbons (Fsp3) is 0.250. The van der Waals surface area contributed by atoms with Gasteiger partial charge in [0, 0.05) is 6.66 Å². The molecule has 0 bridgehead atoms. The Morgan fingerprint density at radius 3 is 1.80 bits per heavy atom. The number of nitrogens with two attached hydrogens (primary N) is 1. The van der Waals surface area contributed by atoms with Gasteiger partial charge in [0.15, 0.2) is 0 Å². The van der Waals surface area contributed by atoms with Crippen molar-refractivity contribution in [1.29, 1.82) is 0 Å². The molecule has 10 heavy (non-hydrogen) atoms. The van der Waals surface area contributed by atoms with Crippen molar-refractivity contribution in [3.05, 3.63) is 12.7 Å². The summed E-state index contributed by atoms with van der Waals surface area (Å²) < 4.78 is 9.33. The zero-order valence-corrected chi connectivity index (χ0v) is 6.41. The van der Waals surface area contributed by atoms with Crippen LogP contribution in [0.1, 0.15) is 0 Å². The van der Waals surface area contributed by atoms with Crippen molar-refractivity contribution in [2.75, 3.05) is 6.66 Å². The van der Waals surface area contributed by atoms with E-state index in [9.17, 15) is 9.36 Å². The van der Waals surface area contributed by atoms with Gasteiger partial charge in [0.1, 0.15) is 0 Å². The minimum atomic E-state index is -3.64. The molecular formula is C4H10NO4P. The van der Waals surface area contributed by atoms with Gasteiger partial charge in [-0.25, -0.2) is 0 Å². The highest BCUT2D eigenvalue weighted by Crippen LogP contribution is 2.26. The lowest BCUT2D eigenvalue weighted by Crippen LogP contribution is -2.04. The molecule has 0 aromatic rings. The summed E-state index contributed by atoms with van der Waals surface area (Å²) in [4.78, 5) is 24.7. The third-order valence-electron chi connectivity index (χ3n) is 0.201. The Morgan fingerprint density at radius 2 is 1.80 bits per heavy atom. The van der Waals surface area contributed by atoms with E-state index in [-0.39, 0.29) is 0 Å². The van der Waals surface area contributed by atoms with Crippen molar-refractivity contribution in [3.63, 3.8) is 0 Å². The number of primary amides is 1. The second-order valence-corrected chi connectivity index (χ2v) is 3.11. The van der Waals surface area contributed by atoms with E-state index in [0.717, 1.165) is 12.7 Å². The zero-order chi connectivity index (χ0) is 8.78. The molecule has 0 aliphatic carbocycles. The molecule has 0 atom stereocenters. The molecule has 0 radical (unpaired) electrons. The van der Waals surface area contributed by atoms with Gasteiger partial charge in [-0.3, -0.25) is 9.36 Å². The molecule has 0 fully saturated rings. The van der Waals surface area contributed by atoms with Gasteiger partial charge in [-0.15, -0.1) is 0 Å². The highest BCUT2D eigenvalue weighted by atomic mass is 31.2. The maximum Gasteiger partial charge on any atom is 0.322 e. The van der Waals surface area contributed by atoms with E-state index in [1.165, 1.54) is 0 Å². The summed E-state index contributed by atoms with van der Waals surface area (Å²) in [6, 6.07) is 0. The molecule has 60 valence electrons. The smallest absolute Gasteiger partial charge is 0.322 e. The van der Waals surface area contributed by atoms with Crippen LogP contribution in [0.25, 0.3) is 0 Å². The minimum Gasteiger partial charge on any atom is -0.366 e. The first kappa shape index (κ1) is 12.1. The van der Waals surface area contributed by atoms with Crippen molar-refractivity contribution < 1.29 is 19.1 Å². The Balaban J connectivity index is 0. The molecule has 0 aliphatic rings. The summed E-state index contributed by atoms with van der Waals surface area (Å²) in [6.07, 6.45) is 1.06. The Labute approximate surface area is 58.7 Å². The van der Waals surface area contributed by atoms with Crippen LogP contribution in [0.4, 0.5) is 0 Å². The van der Waals surface area contributed by atoms with Gasteiger partial charge < -0.3 is 15.5 Å². The summed E-state index contributed by atoms with van der Waals surface area (Å²) in [5.74, 6) is -0.481. The van der Waals surface area contributed by atoms with Crippen LogP contribution in [0, 0.1) is 0 Å². The Bertz CT molecular complexity index is 152. The number of carbonyl (C=O) groups excluding carboxylic acids is 1. The first-order valence-corrected chi connectivity index (χ1v) is 4.28. The number of rotatable bonds is 1. The van der Waals surface area contributed by atoms with E-state index in [4.69, 9.17) is 9.79 Å². The monoisotopic (exact) mass is 167 g/mol. The minimum absolute atomic E-state index is 0.481. The Kier molecular flexibility index (Phi) is 6.24. The second kappa shape index (κ2) is 5.17. The van der Waals surface area contributed by atoms with Crippen LogP contribution in [0.2, 0.25) is 0 Å². The van der Waals surface area contributed by atoms with Gasteiger partial charge in [-0.2, -0.15) is 0 Å². The van der Waals surface area contributed by atoms with E-state index in [2.05, 4.69) is 12.3 Å². The van der Waals surface area contributed by atoms with Crippen LogP contribution in [0.3, 0.4) is 0 Å². The second-order valence-electron chi connectivity index (χ2n) is 1.44. The highest BCUT2D eigenvalue weighted by molar-refractivity contribution is 7.50. The van der Waals surface area contributed by atoms with Gasteiger partial charge in [0.25, 0.3) is 0 Å². The molecular weight excluding hydrogens is 157 g/mol. The van der Waals surface area contributed by atoms with Crippen LogP contribution < -0.4 is 5.73 Å². The summed E-state index contributed by atoms with van der Waals surface area (Å²) in [7, 11) is -3.64. The van der Waals surface area contributed by atoms with Crippen LogP contribution >= 0.6 is 7.60 Å². The number of carbonyl (C=O) groups is 1. The lowest BCUT2D eigenvalue weighted by Gasteiger charge is -1.84. The summed E-state index contributed by atoms with van der Waals surface area (Å²) in [5, 5.41) is 0. The lowest BCUT2D eigenvalue weighted by atomic mass is 10.6. The summed E-state index contributed by atoms with van der Waals surface area (Å²) >= 11 is 0. The third kappa shape index (κ3) is 161. The van der Waals surface area contributed by atoms with Crippen molar-refractivity contribution in [2.24, 2.45) is 5.73 Å². The van der Waals surface area contributed by atoms with Crippen LogP contribution in [-0.2, 0) is 9.36 Å². The average Bonchev–Trinajstić information content (AvgIpc) is 1.61. The van der Waals surface area contributed by atoms with Crippen molar-refractivity contribution in [3.8, 4) is 0 Å². The topological polar surface area (TPSA) is 101 Å². The predicted octanol–water partition coefficient (Wildman–Crippen LogP) is -0.548. The van der Waals surface area contributed by atoms with Crippen molar-refractivity contribution in [1.82, 2.24) is 0 Å². The van der Waals surface area contributed by atoms with E-state index < -0.39 is 13.5 Å². The SMILES string of the molecule is C=CC(N)=O.CP(=O)(O)O. The van der Waals surface area contributed by atoms with Crippen LogP contribution in [0.5, 0.6) is 0 Å². The van der Waals surface area contributed by atoms with E-state index in [1.54, 1.807) is 0 Å². The molecule has 0 saturated carbocycles. The highest BCUT2D eigenvalue weighted by Gasteiger charge is 1.95. The zero-order valence-electron chi connectivity index (χ0n) is 5.52. The average molecular weight is 167 g/mol. The van der Waals surface area contributed by atoms with Crippen molar-refractivity contribution >= 4 is 13.5 Å². The van der Waals surface area contributed by atoms with E-state index in [0.29, 0.717) is 0 Å². The van der Waals surface area contributed by atoms with Gasteiger partial charge >= 0.3 is 7.60 Å². The van der Waals surface area contributed by atoms with E-state index in [1.807, 2.05) is 0 Å². The molecule has 5 nitrogen and oxygen atoms in total. The van der Waals surface area contributed by atoms with Crippen LogP contribution in [0.15, 0.2) is 12.7 Å². The Hall–Kier alpha value is -0.640. The molecule has 0 aromatic heterocycles. The van der Waals surface area contributed by atoms with E-state index >= 15 is 0 Å². The quantitative estimate of drug-likeness (QED) is 0.360. The first-order valence-electron chi connectivity index (χ1n) is 2.22. The first-order chi connectivity index (χ1) is 4.27. The fourth-order valence-corrected chi connectivity index (χ4v) is 0. The predicted molar refractivity (Wildman–Crippen MR) is 37.4 cm³/mol. The van der Waals surface area contributed by atoms with Crippen LogP contribution in [-0.4, -0.2) is 22.4 Å². The number of amides is 1. The van der Waals surface area contributed by atoms with Gasteiger partial charge in [-0.1, -0.05) is 6.58 Å². The molecule has 0 heterocycles. The third-order valence-corrected chi connectivity index (χ3v) is 0.201. The van der Waals surface area contributed by atoms with Crippen molar-refractivity contribution in [2.45, 2.75) is 0 Å².